The molecule has 0 aliphatic carbocycles. The summed E-state index contributed by atoms with van der Waals surface area (Å²) in [5.74, 6) is 0.789. The van der Waals surface area contributed by atoms with Crippen LogP contribution in [0.1, 0.15) is 28.1 Å². The summed E-state index contributed by atoms with van der Waals surface area (Å²) in [7, 11) is 0. The molecule has 0 amide bonds. The summed E-state index contributed by atoms with van der Waals surface area (Å²) in [6, 6.07) is 18.2. The lowest BCUT2D eigenvalue weighted by atomic mass is 10.0. The average Bonchev–Trinajstić information content (AvgIpc) is 2.90. The Labute approximate surface area is 159 Å². The summed E-state index contributed by atoms with van der Waals surface area (Å²) >= 11 is 0. The molecule has 2 aromatic carbocycles. The van der Waals surface area contributed by atoms with E-state index in [1.54, 1.807) is 0 Å². The summed E-state index contributed by atoms with van der Waals surface area (Å²) < 4.78 is 7.29. The molecule has 3 aromatic rings. The van der Waals surface area contributed by atoms with Gasteiger partial charge in [0.25, 0.3) is 0 Å². The predicted molar refractivity (Wildman–Crippen MR) is 106 cm³/mol. The number of aryl methyl sites for hydroxylation is 1. The van der Waals surface area contributed by atoms with E-state index < -0.39 is 0 Å². The third-order valence-corrected chi connectivity index (χ3v) is 4.22. The van der Waals surface area contributed by atoms with E-state index in [4.69, 9.17) is 15.9 Å². The minimum atomic E-state index is -0.0588. The first-order valence-corrected chi connectivity index (χ1v) is 8.20. The first-order chi connectivity index (χ1) is 12.0. The molecule has 0 atom stereocenters. The number of nitrogen functional groups attached to an aromatic ring is 1. The van der Waals surface area contributed by atoms with Gasteiger partial charge in [-0.15, -0.1) is 12.4 Å². The van der Waals surface area contributed by atoms with Crippen molar-refractivity contribution in [3.8, 4) is 5.75 Å². The molecule has 0 spiro atoms. The number of nitrogens with zero attached hydrogens (tertiary/aromatic N) is 2. The van der Waals surface area contributed by atoms with Crippen molar-refractivity contribution in [2.24, 2.45) is 5.73 Å². The van der Waals surface area contributed by atoms with Gasteiger partial charge in [0, 0.05) is 17.7 Å². The number of ether oxygens (including phenoxy) is 1. The summed E-state index contributed by atoms with van der Waals surface area (Å²) in [5, 5.41) is 11.9. The summed E-state index contributed by atoms with van der Waals surface area (Å²) in [6.07, 6.45) is 0.754. The summed E-state index contributed by atoms with van der Waals surface area (Å²) in [4.78, 5) is 0. The van der Waals surface area contributed by atoms with Crippen molar-refractivity contribution >= 4 is 18.4 Å². The Kier molecular flexibility index (Phi) is 6.41. The van der Waals surface area contributed by atoms with Gasteiger partial charge in [0.2, 0.25) is 5.96 Å². The molecule has 1 aromatic heterocycles. The van der Waals surface area contributed by atoms with Crippen LogP contribution in [0.4, 0.5) is 0 Å². The minimum Gasteiger partial charge on any atom is -0.489 e. The van der Waals surface area contributed by atoms with E-state index in [1.807, 2.05) is 56.3 Å². The van der Waals surface area contributed by atoms with Gasteiger partial charge in [0.1, 0.15) is 12.4 Å². The predicted octanol–water partition coefficient (Wildman–Crippen LogP) is 3.83. The quantitative estimate of drug-likeness (QED) is 0.529. The van der Waals surface area contributed by atoms with E-state index in [0.29, 0.717) is 6.61 Å². The highest BCUT2D eigenvalue weighted by molar-refractivity contribution is 5.85. The summed E-state index contributed by atoms with van der Waals surface area (Å²) in [5.41, 5.74) is 10.8. The third kappa shape index (κ3) is 4.43. The van der Waals surface area contributed by atoms with Gasteiger partial charge in [-0.05, 0) is 37.1 Å². The molecule has 0 saturated heterocycles. The van der Waals surface area contributed by atoms with Gasteiger partial charge in [-0.3, -0.25) is 5.41 Å². The smallest absolute Gasteiger partial charge is 0.213 e. The second-order valence-electron chi connectivity index (χ2n) is 6.04. The zero-order valence-electron chi connectivity index (χ0n) is 14.9. The van der Waals surface area contributed by atoms with Crippen LogP contribution < -0.4 is 10.5 Å². The van der Waals surface area contributed by atoms with Crippen LogP contribution in [0.3, 0.4) is 0 Å². The SMILES string of the molecule is Cc1nn(C(=N)N)c(C)c1Cc1ccc(OCc2ccccc2)cc1.Cl. The Hall–Kier alpha value is -2.79. The van der Waals surface area contributed by atoms with Crippen LogP contribution in [0.25, 0.3) is 0 Å². The van der Waals surface area contributed by atoms with Gasteiger partial charge in [-0.1, -0.05) is 42.5 Å². The minimum absolute atomic E-state index is 0. The normalized spacial score (nSPS) is 10.2. The number of hydrogen-bond acceptors (Lipinski definition) is 3. The second kappa shape index (κ2) is 8.54. The van der Waals surface area contributed by atoms with Crippen LogP contribution in [0.5, 0.6) is 5.75 Å². The molecule has 0 aliphatic rings. The van der Waals surface area contributed by atoms with Crippen LogP contribution in [0.15, 0.2) is 54.6 Å². The monoisotopic (exact) mass is 370 g/mol. The maximum absolute atomic E-state index is 7.57. The highest BCUT2D eigenvalue weighted by Gasteiger charge is 2.13. The second-order valence-corrected chi connectivity index (χ2v) is 6.04. The number of benzene rings is 2. The molecule has 3 N–H and O–H groups in total. The van der Waals surface area contributed by atoms with Gasteiger partial charge >= 0.3 is 0 Å². The van der Waals surface area contributed by atoms with E-state index in [9.17, 15) is 0 Å². The molecule has 0 fully saturated rings. The van der Waals surface area contributed by atoms with E-state index in [-0.39, 0.29) is 18.4 Å². The van der Waals surface area contributed by atoms with Gasteiger partial charge in [-0.25, -0.2) is 4.68 Å². The van der Waals surface area contributed by atoms with Crippen molar-refractivity contribution in [2.45, 2.75) is 26.9 Å². The molecule has 26 heavy (non-hydrogen) atoms. The van der Waals surface area contributed by atoms with E-state index in [1.165, 1.54) is 10.2 Å². The van der Waals surface area contributed by atoms with Crippen LogP contribution in [-0.4, -0.2) is 15.7 Å². The fraction of sp³-hybridized carbons (Fsp3) is 0.200. The molecule has 136 valence electrons. The number of aromatic nitrogens is 2. The molecule has 6 heteroatoms. The molecule has 1 heterocycles. The highest BCUT2D eigenvalue weighted by atomic mass is 35.5. The van der Waals surface area contributed by atoms with E-state index in [2.05, 4.69) is 17.2 Å². The lowest BCUT2D eigenvalue weighted by molar-refractivity contribution is 0.306. The first kappa shape index (κ1) is 19.5. The fourth-order valence-electron chi connectivity index (χ4n) is 2.81. The topological polar surface area (TPSA) is 76.9 Å². The van der Waals surface area contributed by atoms with Crippen LogP contribution in [-0.2, 0) is 13.0 Å². The third-order valence-electron chi connectivity index (χ3n) is 4.22. The number of halogens is 1. The number of nitrogens with two attached hydrogens (primary N) is 1. The van der Waals surface area contributed by atoms with Gasteiger partial charge < -0.3 is 10.5 Å². The maximum atomic E-state index is 7.57. The average molecular weight is 371 g/mol. The molecular weight excluding hydrogens is 348 g/mol. The molecule has 0 bridgehead atoms. The Morgan fingerprint density at radius 1 is 1.04 bits per heavy atom. The van der Waals surface area contributed by atoms with Crippen molar-refractivity contribution in [3.63, 3.8) is 0 Å². The van der Waals surface area contributed by atoms with Crippen LogP contribution >= 0.6 is 12.4 Å². The molecule has 0 radical (unpaired) electrons. The Morgan fingerprint density at radius 2 is 1.69 bits per heavy atom. The molecular formula is C20H23ClN4O. The van der Waals surface area contributed by atoms with Crippen molar-refractivity contribution in [1.82, 2.24) is 9.78 Å². The lowest BCUT2D eigenvalue weighted by Crippen LogP contribution is -2.23. The largest absolute Gasteiger partial charge is 0.489 e. The molecule has 0 unspecified atom stereocenters. The number of hydrogen-bond donors (Lipinski definition) is 2. The first-order valence-electron chi connectivity index (χ1n) is 8.20. The summed E-state index contributed by atoms with van der Waals surface area (Å²) in [6.45, 7) is 4.44. The van der Waals surface area contributed by atoms with Gasteiger partial charge in [0.15, 0.2) is 0 Å². The Balaban J connectivity index is 0.00000243. The van der Waals surface area contributed by atoms with Crippen LogP contribution in [0.2, 0.25) is 0 Å². The molecule has 0 saturated carbocycles. The van der Waals surface area contributed by atoms with Crippen molar-refractivity contribution in [1.29, 1.82) is 5.41 Å². The fourth-order valence-corrected chi connectivity index (χ4v) is 2.81. The van der Waals surface area contributed by atoms with Gasteiger partial charge in [0.05, 0.1) is 5.69 Å². The number of nitrogens with one attached hydrogen (secondary N) is 1. The van der Waals surface area contributed by atoms with Gasteiger partial charge in [-0.2, -0.15) is 5.10 Å². The zero-order chi connectivity index (χ0) is 17.8. The Bertz CT molecular complexity index is 873. The standard InChI is InChI=1S/C20H22N4O.ClH/c1-14-19(15(2)24(23-14)20(21)22)12-16-8-10-18(11-9-16)25-13-17-6-4-3-5-7-17;/h3-11H,12-13H2,1-2H3,(H3,21,22);1H. The van der Waals surface area contributed by atoms with Crippen molar-refractivity contribution in [3.05, 3.63) is 82.7 Å². The lowest BCUT2D eigenvalue weighted by Gasteiger charge is -2.08. The van der Waals surface area contributed by atoms with Crippen molar-refractivity contribution < 1.29 is 4.74 Å². The molecule has 3 rings (SSSR count). The zero-order valence-corrected chi connectivity index (χ0v) is 15.7. The van der Waals surface area contributed by atoms with E-state index in [0.717, 1.165) is 34.7 Å². The maximum Gasteiger partial charge on any atom is 0.213 e. The Morgan fingerprint density at radius 3 is 2.27 bits per heavy atom. The number of rotatable bonds is 5. The molecule has 0 aliphatic heterocycles. The van der Waals surface area contributed by atoms with E-state index >= 15 is 0 Å². The van der Waals surface area contributed by atoms with Crippen molar-refractivity contribution in [2.75, 3.05) is 0 Å². The molecule has 5 nitrogen and oxygen atoms in total. The van der Waals surface area contributed by atoms with Crippen LogP contribution in [0, 0.1) is 19.3 Å². The highest BCUT2D eigenvalue weighted by Crippen LogP contribution is 2.20.